The quantitative estimate of drug-likeness (QED) is 0.888. The van der Waals surface area contributed by atoms with Gasteiger partial charge < -0.3 is 5.32 Å². The van der Waals surface area contributed by atoms with Crippen LogP contribution < -0.4 is 5.32 Å². The number of nitrogens with one attached hydrogen (secondary N) is 1. The van der Waals surface area contributed by atoms with Crippen molar-refractivity contribution in [2.45, 2.75) is 18.8 Å². The summed E-state index contributed by atoms with van der Waals surface area (Å²) in [6.45, 7) is 4.30. The zero-order valence-corrected chi connectivity index (χ0v) is 11.0. The van der Waals surface area contributed by atoms with Crippen molar-refractivity contribution in [2.75, 3.05) is 13.1 Å². The van der Waals surface area contributed by atoms with E-state index in [1.807, 2.05) is 17.9 Å². The van der Waals surface area contributed by atoms with Crippen molar-refractivity contribution in [1.82, 2.24) is 15.1 Å². The molecule has 0 unspecified atom stereocenters. The zero-order valence-electron chi connectivity index (χ0n) is 11.0. The summed E-state index contributed by atoms with van der Waals surface area (Å²) in [6.07, 6.45) is 3.04. The molecule has 3 heteroatoms. The van der Waals surface area contributed by atoms with Crippen LogP contribution in [-0.4, -0.2) is 22.9 Å². The number of aryl methyl sites for hydroxylation is 2. The van der Waals surface area contributed by atoms with Crippen molar-refractivity contribution in [2.24, 2.45) is 7.05 Å². The average molecular weight is 241 g/mol. The maximum Gasteiger partial charge on any atom is 0.0634 e. The van der Waals surface area contributed by atoms with Gasteiger partial charge in [0, 0.05) is 38.2 Å². The highest BCUT2D eigenvalue weighted by atomic mass is 15.2. The molecule has 0 bridgehead atoms. The molecule has 0 aliphatic carbocycles. The molecule has 2 aromatic rings. The van der Waals surface area contributed by atoms with Gasteiger partial charge in [-0.3, -0.25) is 4.68 Å². The largest absolute Gasteiger partial charge is 0.315 e. The smallest absolute Gasteiger partial charge is 0.0634 e. The number of hydrogen-bond acceptors (Lipinski definition) is 2. The van der Waals surface area contributed by atoms with Gasteiger partial charge in [-0.15, -0.1) is 0 Å². The normalized spacial score (nSPS) is 17.4. The van der Waals surface area contributed by atoms with E-state index in [2.05, 4.69) is 47.7 Å². The molecule has 1 aromatic heterocycles. The van der Waals surface area contributed by atoms with E-state index in [9.17, 15) is 0 Å². The Morgan fingerprint density at radius 1 is 1.28 bits per heavy atom. The highest BCUT2D eigenvalue weighted by Gasteiger charge is 2.40. The third kappa shape index (κ3) is 1.85. The molecular weight excluding hydrogens is 222 g/mol. The second kappa shape index (κ2) is 4.25. The summed E-state index contributed by atoms with van der Waals surface area (Å²) < 4.78 is 1.88. The van der Waals surface area contributed by atoms with Crippen LogP contribution >= 0.6 is 0 Å². The molecular formula is C15H19N3. The summed E-state index contributed by atoms with van der Waals surface area (Å²) in [7, 11) is 1.98. The molecule has 1 aliphatic rings. The van der Waals surface area contributed by atoms with Crippen molar-refractivity contribution < 1.29 is 0 Å². The number of rotatable bonds is 3. The maximum absolute atomic E-state index is 4.52. The van der Waals surface area contributed by atoms with Gasteiger partial charge in [-0.25, -0.2) is 0 Å². The predicted molar refractivity (Wildman–Crippen MR) is 72.6 cm³/mol. The van der Waals surface area contributed by atoms with Gasteiger partial charge in [-0.05, 0) is 24.1 Å². The number of hydrogen-bond donors (Lipinski definition) is 1. The average Bonchev–Trinajstić information content (AvgIpc) is 2.71. The standard InChI is InChI=1S/C15H19N3/c1-12-5-3-4-6-14(12)15(10-16-11-15)9-13-7-8-18(2)17-13/h3-8,16H,9-11H2,1-2H3. The van der Waals surface area contributed by atoms with Crippen LogP contribution in [-0.2, 0) is 18.9 Å². The summed E-state index contributed by atoms with van der Waals surface area (Å²) in [5, 5.41) is 7.94. The molecule has 1 fully saturated rings. The molecule has 3 nitrogen and oxygen atoms in total. The Hall–Kier alpha value is -1.61. The maximum atomic E-state index is 4.52. The van der Waals surface area contributed by atoms with E-state index >= 15 is 0 Å². The van der Waals surface area contributed by atoms with Gasteiger partial charge in [0.2, 0.25) is 0 Å². The van der Waals surface area contributed by atoms with E-state index in [1.165, 1.54) is 16.8 Å². The molecule has 1 saturated heterocycles. The predicted octanol–water partition coefficient (Wildman–Crippen LogP) is 1.81. The zero-order chi connectivity index (χ0) is 12.6. The second-order valence-electron chi connectivity index (χ2n) is 5.36. The van der Waals surface area contributed by atoms with Crippen LogP contribution in [0.3, 0.4) is 0 Å². The van der Waals surface area contributed by atoms with E-state index in [-0.39, 0.29) is 5.41 Å². The highest BCUT2D eigenvalue weighted by molar-refractivity contribution is 5.38. The van der Waals surface area contributed by atoms with Gasteiger partial charge in [0.05, 0.1) is 5.69 Å². The third-order valence-corrected chi connectivity index (χ3v) is 3.93. The first-order valence-electron chi connectivity index (χ1n) is 6.45. The van der Waals surface area contributed by atoms with Gasteiger partial charge in [-0.2, -0.15) is 5.10 Å². The summed E-state index contributed by atoms with van der Waals surface area (Å²) in [5.41, 5.74) is 4.27. The lowest BCUT2D eigenvalue weighted by molar-refractivity contribution is 0.271. The van der Waals surface area contributed by atoms with Crippen molar-refractivity contribution in [3.8, 4) is 0 Å². The summed E-state index contributed by atoms with van der Waals surface area (Å²) >= 11 is 0. The minimum absolute atomic E-state index is 0.236. The summed E-state index contributed by atoms with van der Waals surface area (Å²) in [4.78, 5) is 0. The summed E-state index contributed by atoms with van der Waals surface area (Å²) in [5.74, 6) is 0. The van der Waals surface area contributed by atoms with Crippen molar-refractivity contribution in [1.29, 1.82) is 0 Å². The van der Waals surface area contributed by atoms with Gasteiger partial charge in [0.15, 0.2) is 0 Å². The lowest BCUT2D eigenvalue weighted by Crippen LogP contribution is -2.58. The van der Waals surface area contributed by atoms with Crippen LogP contribution in [0.25, 0.3) is 0 Å². The monoisotopic (exact) mass is 241 g/mol. The number of aromatic nitrogens is 2. The van der Waals surface area contributed by atoms with E-state index in [1.54, 1.807) is 0 Å². The molecule has 1 aliphatic heterocycles. The Kier molecular flexibility index (Phi) is 2.71. The SMILES string of the molecule is Cc1ccccc1C1(Cc2ccn(C)n2)CNC1. The van der Waals surface area contributed by atoms with E-state index in [4.69, 9.17) is 0 Å². The molecule has 0 atom stereocenters. The number of nitrogens with zero attached hydrogens (tertiary/aromatic N) is 2. The van der Waals surface area contributed by atoms with E-state index in [0.29, 0.717) is 0 Å². The Morgan fingerprint density at radius 3 is 2.61 bits per heavy atom. The topological polar surface area (TPSA) is 29.9 Å². The highest BCUT2D eigenvalue weighted by Crippen LogP contribution is 2.34. The summed E-state index contributed by atoms with van der Waals surface area (Å²) in [6, 6.07) is 10.8. The first-order chi connectivity index (χ1) is 8.70. The molecule has 0 saturated carbocycles. The van der Waals surface area contributed by atoms with Crippen LogP contribution in [0.2, 0.25) is 0 Å². The number of benzene rings is 1. The van der Waals surface area contributed by atoms with Gasteiger partial charge in [0.1, 0.15) is 0 Å². The molecule has 2 heterocycles. The van der Waals surface area contributed by atoms with Crippen molar-refractivity contribution in [3.63, 3.8) is 0 Å². The Labute approximate surface area is 108 Å². The van der Waals surface area contributed by atoms with Gasteiger partial charge in [0.25, 0.3) is 0 Å². The first-order valence-corrected chi connectivity index (χ1v) is 6.45. The van der Waals surface area contributed by atoms with Crippen molar-refractivity contribution >= 4 is 0 Å². The fraction of sp³-hybridized carbons (Fsp3) is 0.400. The van der Waals surface area contributed by atoms with Gasteiger partial charge >= 0.3 is 0 Å². The Morgan fingerprint density at radius 2 is 2.06 bits per heavy atom. The lowest BCUT2D eigenvalue weighted by Gasteiger charge is -2.44. The molecule has 0 spiro atoms. The van der Waals surface area contributed by atoms with Crippen LogP contribution in [0.1, 0.15) is 16.8 Å². The molecule has 0 radical (unpaired) electrons. The molecule has 0 amide bonds. The third-order valence-electron chi connectivity index (χ3n) is 3.93. The van der Waals surface area contributed by atoms with Crippen LogP contribution in [0.4, 0.5) is 0 Å². The van der Waals surface area contributed by atoms with E-state index in [0.717, 1.165) is 19.5 Å². The molecule has 18 heavy (non-hydrogen) atoms. The minimum Gasteiger partial charge on any atom is -0.315 e. The molecule has 1 N–H and O–H groups in total. The van der Waals surface area contributed by atoms with Crippen LogP contribution in [0.15, 0.2) is 36.5 Å². The lowest BCUT2D eigenvalue weighted by atomic mass is 9.70. The van der Waals surface area contributed by atoms with Crippen LogP contribution in [0, 0.1) is 6.92 Å². The Balaban J connectivity index is 1.93. The van der Waals surface area contributed by atoms with E-state index < -0.39 is 0 Å². The molecule has 94 valence electrons. The van der Waals surface area contributed by atoms with Crippen molar-refractivity contribution in [3.05, 3.63) is 53.3 Å². The minimum atomic E-state index is 0.236. The first kappa shape index (κ1) is 11.5. The van der Waals surface area contributed by atoms with Crippen LogP contribution in [0.5, 0.6) is 0 Å². The Bertz CT molecular complexity index is 552. The molecule has 3 rings (SSSR count). The van der Waals surface area contributed by atoms with Gasteiger partial charge in [-0.1, -0.05) is 24.3 Å². The fourth-order valence-corrected chi connectivity index (χ4v) is 2.91. The fourth-order valence-electron chi connectivity index (χ4n) is 2.91. The molecule has 1 aromatic carbocycles. The second-order valence-corrected chi connectivity index (χ2v) is 5.36.